The van der Waals surface area contributed by atoms with E-state index in [9.17, 15) is 8.42 Å². The number of hydrogen-bond acceptors (Lipinski definition) is 4. The Morgan fingerprint density at radius 1 is 0.875 bits per heavy atom. The molecule has 0 saturated heterocycles. The van der Waals surface area contributed by atoms with Crippen LogP contribution in [0.2, 0.25) is 0 Å². The lowest BCUT2D eigenvalue weighted by Gasteiger charge is -2.23. The number of hydrogen-bond donors (Lipinski definition) is 1. The van der Waals surface area contributed by atoms with Crippen molar-refractivity contribution in [3.63, 3.8) is 0 Å². The number of pyridine rings is 2. The van der Waals surface area contributed by atoms with Crippen LogP contribution in [-0.2, 0) is 16.6 Å². The molecule has 5 nitrogen and oxygen atoms in total. The Balaban J connectivity index is 1.97. The zero-order valence-electron chi connectivity index (χ0n) is 19.8. The van der Waals surface area contributed by atoms with E-state index >= 15 is 0 Å². The molecule has 0 saturated carbocycles. The van der Waals surface area contributed by atoms with Gasteiger partial charge in [-0.3, -0.25) is 9.97 Å². The summed E-state index contributed by atoms with van der Waals surface area (Å²) < 4.78 is 29.9. The second-order valence-corrected chi connectivity index (χ2v) is 10.8. The summed E-state index contributed by atoms with van der Waals surface area (Å²) in [5.41, 5.74) is 5.42. The van der Waals surface area contributed by atoms with Gasteiger partial charge in [0.2, 0.25) is 10.0 Å². The van der Waals surface area contributed by atoms with Crippen molar-refractivity contribution < 1.29 is 8.42 Å². The van der Waals surface area contributed by atoms with Crippen LogP contribution in [0.25, 0.3) is 11.3 Å². The van der Waals surface area contributed by atoms with Crippen LogP contribution in [-0.4, -0.2) is 18.4 Å². The number of sulfonamides is 1. The first-order chi connectivity index (χ1) is 15.1. The Morgan fingerprint density at radius 3 is 2.06 bits per heavy atom. The highest BCUT2D eigenvalue weighted by molar-refractivity contribution is 7.89. The van der Waals surface area contributed by atoms with Crippen molar-refractivity contribution in [2.24, 2.45) is 0 Å². The Labute approximate surface area is 192 Å². The zero-order chi connectivity index (χ0) is 23.5. The van der Waals surface area contributed by atoms with Crippen molar-refractivity contribution in [2.75, 3.05) is 0 Å². The molecule has 2 heterocycles. The largest absolute Gasteiger partial charge is 0.264 e. The second-order valence-electron chi connectivity index (χ2n) is 9.11. The van der Waals surface area contributed by atoms with Gasteiger partial charge in [-0.2, -0.15) is 0 Å². The molecule has 0 aliphatic carbocycles. The fraction of sp³-hybridized carbons (Fsp3) is 0.385. The summed E-state index contributed by atoms with van der Waals surface area (Å²) >= 11 is 0. The van der Waals surface area contributed by atoms with E-state index in [1.54, 1.807) is 18.6 Å². The lowest BCUT2D eigenvalue weighted by Crippen LogP contribution is -2.26. The Hall–Kier alpha value is -2.57. The molecule has 170 valence electrons. The maximum absolute atomic E-state index is 13.6. The highest BCUT2D eigenvalue weighted by Gasteiger charge is 2.26. The topological polar surface area (TPSA) is 72.0 Å². The van der Waals surface area contributed by atoms with E-state index in [4.69, 9.17) is 0 Å². The quantitative estimate of drug-likeness (QED) is 0.456. The maximum Gasteiger partial charge on any atom is 0.241 e. The third kappa shape index (κ3) is 5.43. The number of rotatable bonds is 8. The summed E-state index contributed by atoms with van der Waals surface area (Å²) in [5.74, 6) is 0.518. The molecule has 2 aromatic heterocycles. The Bertz CT molecular complexity index is 1140. The lowest BCUT2D eigenvalue weighted by molar-refractivity contribution is 0.575. The SMILES string of the molecule is CC(C)c1cc(C(C)C)c(S(=O)(=O)NCc2ccnc(-c3cccnc3)c2)c(C(C)C)c1. The summed E-state index contributed by atoms with van der Waals surface area (Å²) in [6, 6.07) is 11.6. The van der Waals surface area contributed by atoms with E-state index in [2.05, 4.69) is 40.7 Å². The summed E-state index contributed by atoms with van der Waals surface area (Å²) in [5, 5.41) is 0. The van der Waals surface area contributed by atoms with Crippen molar-refractivity contribution in [1.82, 2.24) is 14.7 Å². The van der Waals surface area contributed by atoms with Gasteiger partial charge >= 0.3 is 0 Å². The molecule has 0 atom stereocenters. The molecule has 0 amide bonds. The number of benzene rings is 1. The van der Waals surface area contributed by atoms with E-state index in [1.165, 1.54) is 5.56 Å². The molecule has 3 rings (SSSR count). The van der Waals surface area contributed by atoms with Crippen molar-refractivity contribution in [3.8, 4) is 11.3 Å². The van der Waals surface area contributed by atoms with Crippen molar-refractivity contribution in [1.29, 1.82) is 0 Å². The Kier molecular flexibility index (Phi) is 7.47. The van der Waals surface area contributed by atoms with Crippen LogP contribution in [0, 0.1) is 0 Å². The van der Waals surface area contributed by atoms with E-state index < -0.39 is 10.0 Å². The van der Waals surface area contributed by atoms with Crippen LogP contribution in [0.5, 0.6) is 0 Å². The fourth-order valence-corrected chi connectivity index (χ4v) is 5.42. The minimum Gasteiger partial charge on any atom is -0.264 e. The van der Waals surface area contributed by atoms with Gasteiger partial charge in [0.25, 0.3) is 0 Å². The summed E-state index contributed by atoms with van der Waals surface area (Å²) in [6.07, 6.45) is 5.16. The second kappa shape index (κ2) is 9.92. The zero-order valence-corrected chi connectivity index (χ0v) is 20.6. The van der Waals surface area contributed by atoms with Crippen LogP contribution >= 0.6 is 0 Å². The normalized spacial score (nSPS) is 12.2. The molecule has 1 N–H and O–H groups in total. The molecule has 0 radical (unpaired) electrons. The highest BCUT2D eigenvalue weighted by atomic mass is 32.2. The minimum absolute atomic E-state index is 0.0934. The average molecular weight is 452 g/mol. The van der Waals surface area contributed by atoms with Gasteiger partial charge in [-0.25, -0.2) is 13.1 Å². The third-order valence-corrected chi connectivity index (χ3v) is 7.13. The van der Waals surface area contributed by atoms with Gasteiger partial charge in [-0.05, 0) is 64.3 Å². The van der Waals surface area contributed by atoms with Crippen LogP contribution in [0.1, 0.15) is 81.5 Å². The lowest BCUT2D eigenvalue weighted by atomic mass is 9.89. The first kappa shape index (κ1) is 24.1. The molecule has 0 aliphatic rings. The molecule has 0 spiro atoms. The fourth-order valence-electron chi connectivity index (χ4n) is 3.71. The van der Waals surface area contributed by atoms with Gasteiger partial charge in [0.15, 0.2) is 0 Å². The standard InChI is InChI=1S/C26H33N3O2S/c1-17(2)22-13-23(18(3)4)26(24(14-22)19(5)6)32(30,31)29-15-20-9-11-28-25(12-20)21-8-7-10-27-16-21/h7-14,16-19,29H,15H2,1-6H3. The summed E-state index contributed by atoms with van der Waals surface area (Å²) in [7, 11) is -3.71. The molecule has 1 aromatic carbocycles. The number of aromatic nitrogens is 2. The van der Waals surface area contributed by atoms with Gasteiger partial charge in [0.1, 0.15) is 0 Å². The van der Waals surface area contributed by atoms with Crippen molar-refractivity contribution >= 4 is 10.0 Å². The van der Waals surface area contributed by atoms with Crippen LogP contribution in [0.15, 0.2) is 59.9 Å². The molecular formula is C26H33N3O2S. The summed E-state index contributed by atoms with van der Waals surface area (Å²) in [6.45, 7) is 12.7. The molecule has 0 fully saturated rings. The molecule has 3 aromatic rings. The Morgan fingerprint density at radius 2 is 1.53 bits per heavy atom. The average Bonchev–Trinajstić information content (AvgIpc) is 2.77. The van der Waals surface area contributed by atoms with Gasteiger partial charge in [-0.1, -0.05) is 53.7 Å². The predicted molar refractivity (Wildman–Crippen MR) is 130 cm³/mol. The van der Waals surface area contributed by atoms with Crippen molar-refractivity contribution in [3.05, 3.63) is 77.2 Å². The van der Waals surface area contributed by atoms with Gasteiger partial charge in [-0.15, -0.1) is 0 Å². The van der Waals surface area contributed by atoms with E-state index in [1.807, 2.05) is 52.0 Å². The molecule has 0 unspecified atom stereocenters. The monoisotopic (exact) mass is 451 g/mol. The third-order valence-electron chi connectivity index (χ3n) is 5.60. The maximum atomic E-state index is 13.6. The summed E-state index contributed by atoms with van der Waals surface area (Å²) in [4.78, 5) is 8.96. The van der Waals surface area contributed by atoms with Gasteiger partial charge in [0, 0.05) is 30.7 Å². The van der Waals surface area contributed by atoms with Crippen LogP contribution in [0.3, 0.4) is 0 Å². The minimum atomic E-state index is -3.71. The molecule has 0 bridgehead atoms. The predicted octanol–water partition coefficient (Wildman–Crippen LogP) is 5.99. The molecule has 0 aliphatic heterocycles. The van der Waals surface area contributed by atoms with E-state index in [-0.39, 0.29) is 18.4 Å². The van der Waals surface area contributed by atoms with Crippen LogP contribution in [0.4, 0.5) is 0 Å². The molecule has 6 heteroatoms. The van der Waals surface area contributed by atoms with E-state index in [0.717, 1.165) is 27.9 Å². The highest BCUT2D eigenvalue weighted by Crippen LogP contribution is 2.35. The van der Waals surface area contributed by atoms with Crippen molar-refractivity contribution in [2.45, 2.75) is 70.7 Å². The van der Waals surface area contributed by atoms with Crippen LogP contribution < -0.4 is 4.72 Å². The molecular weight excluding hydrogens is 418 g/mol. The number of nitrogens with one attached hydrogen (secondary N) is 1. The smallest absolute Gasteiger partial charge is 0.241 e. The first-order valence-corrected chi connectivity index (χ1v) is 12.6. The molecule has 32 heavy (non-hydrogen) atoms. The van der Waals surface area contributed by atoms with E-state index in [0.29, 0.717) is 10.8 Å². The number of nitrogens with zero attached hydrogens (tertiary/aromatic N) is 2. The van der Waals surface area contributed by atoms with Gasteiger partial charge < -0.3 is 0 Å². The first-order valence-electron chi connectivity index (χ1n) is 11.1. The van der Waals surface area contributed by atoms with Gasteiger partial charge in [0.05, 0.1) is 10.6 Å².